The fraction of sp³-hybridized carbons (Fsp3) is 0.316. The lowest BCUT2D eigenvalue weighted by molar-refractivity contribution is 0.0692. The van der Waals surface area contributed by atoms with Crippen molar-refractivity contribution < 1.29 is 24.2 Å². The van der Waals surface area contributed by atoms with Gasteiger partial charge in [0.2, 0.25) is 5.88 Å². The molecule has 3 rings (SSSR count). The molecule has 0 spiro atoms. The van der Waals surface area contributed by atoms with E-state index in [1.165, 1.54) is 13.2 Å². The van der Waals surface area contributed by atoms with Gasteiger partial charge < -0.3 is 24.4 Å². The molecule has 1 N–H and O–H groups in total. The third-order valence-electron chi connectivity index (χ3n) is 4.34. The standard InChI is InChI=1S/C19H21N3O5/c1-26-17-15(18(23)24)7-8-16(20-17)21-9-11-22(12-10-21)19(25)27-13-14-5-3-2-4-6-14/h2-8H,9-13H2,1H3,(H,23,24). The summed E-state index contributed by atoms with van der Waals surface area (Å²) in [6.45, 7) is 2.39. The van der Waals surface area contributed by atoms with Gasteiger partial charge in [0, 0.05) is 26.2 Å². The number of pyridine rings is 1. The molecule has 2 aromatic rings. The van der Waals surface area contributed by atoms with Gasteiger partial charge in [0.25, 0.3) is 0 Å². The third-order valence-corrected chi connectivity index (χ3v) is 4.34. The molecular formula is C19H21N3O5. The number of ether oxygens (including phenoxy) is 2. The number of nitrogens with zero attached hydrogens (tertiary/aromatic N) is 3. The molecule has 1 aromatic carbocycles. The Kier molecular flexibility index (Phi) is 5.75. The van der Waals surface area contributed by atoms with Crippen LogP contribution in [-0.2, 0) is 11.3 Å². The number of methoxy groups -OCH3 is 1. The monoisotopic (exact) mass is 371 g/mol. The van der Waals surface area contributed by atoms with Crippen LogP contribution in [0, 0.1) is 0 Å². The van der Waals surface area contributed by atoms with Gasteiger partial charge in [-0.1, -0.05) is 30.3 Å². The van der Waals surface area contributed by atoms with Crippen LogP contribution in [0.25, 0.3) is 0 Å². The molecule has 1 aromatic heterocycles. The molecule has 8 nitrogen and oxygen atoms in total. The smallest absolute Gasteiger partial charge is 0.410 e. The minimum Gasteiger partial charge on any atom is -0.480 e. The van der Waals surface area contributed by atoms with Crippen molar-refractivity contribution in [1.29, 1.82) is 0 Å². The molecule has 1 aliphatic rings. The molecule has 0 saturated carbocycles. The van der Waals surface area contributed by atoms with Crippen molar-refractivity contribution in [1.82, 2.24) is 9.88 Å². The topological polar surface area (TPSA) is 92.2 Å². The van der Waals surface area contributed by atoms with Crippen LogP contribution in [0.3, 0.4) is 0 Å². The van der Waals surface area contributed by atoms with E-state index in [1.54, 1.807) is 11.0 Å². The molecule has 0 radical (unpaired) electrons. The van der Waals surface area contributed by atoms with E-state index in [9.17, 15) is 9.59 Å². The van der Waals surface area contributed by atoms with Gasteiger partial charge in [-0.3, -0.25) is 0 Å². The second-order valence-electron chi connectivity index (χ2n) is 6.05. The van der Waals surface area contributed by atoms with E-state index in [2.05, 4.69) is 4.98 Å². The normalized spacial score (nSPS) is 14.0. The minimum absolute atomic E-state index is 0.0179. The summed E-state index contributed by atoms with van der Waals surface area (Å²) in [6, 6.07) is 12.7. The number of rotatable bonds is 5. The lowest BCUT2D eigenvalue weighted by Gasteiger charge is -2.34. The van der Waals surface area contributed by atoms with Crippen LogP contribution >= 0.6 is 0 Å². The van der Waals surface area contributed by atoms with E-state index in [-0.39, 0.29) is 24.1 Å². The second-order valence-corrected chi connectivity index (χ2v) is 6.05. The maximum absolute atomic E-state index is 12.2. The van der Waals surface area contributed by atoms with E-state index in [0.717, 1.165) is 5.56 Å². The molecule has 1 aliphatic heterocycles. The molecule has 0 atom stereocenters. The predicted octanol–water partition coefficient (Wildman–Crippen LogP) is 2.25. The van der Waals surface area contributed by atoms with Gasteiger partial charge in [0.05, 0.1) is 7.11 Å². The molecular weight excluding hydrogens is 350 g/mol. The number of hydrogen-bond acceptors (Lipinski definition) is 6. The van der Waals surface area contributed by atoms with Gasteiger partial charge in [-0.05, 0) is 17.7 Å². The van der Waals surface area contributed by atoms with E-state index in [1.807, 2.05) is 35.2 Å². The van der Waals surface area contributed by atoms with Gasteiger partial charge in [-0.2, -0.15) is 4.98 Å². The maximum atomic E-state index is 12.2. The zero-order valence-electron chi connectivity index (χ0n) is 15.0. The summed E-state index contributed by atoms with van der Waals surface area (Å²) in [5.41, 5.74) is 0.962. The van der Waals surface area contributed by atoms with Crippen molar-refractivity contribution >= 4 is 17.9 Å². The van der Waals surface area contributed by atoms with E-state index in [4.69, 9.17) is 14.6 Å². The largest absolute Gasteiger partial charge is 0.480 e. The molecule has 0 aliphatic carbocycles. The van der Waals surface area contributed by atoms with Crippen LogP contribution < -0.4 is 9.64 Å². The third kappa shape index (κ3) is 4.46. The minimum atomic E-state index is -1.09. The fourth-order valence-corrected chi connectivity index (χ4v) is 2.85. The zero-order chi connectivity index (χ0) is 19.2. The number of benzene rings is 1. The van der Waals surface area contributed by atoms with Crippen LogP contribution in [0.5, 0.6) is 5.88 Å². The Balaban J connectivity index is 1.55. The van der Waals surface area contributed by atoms with Crippen molar-refractivity contribution in [2.24, 2.45) is 0 Å². The summed E-state index contributed by atoms with van der Waals surface area (Å²) in [7, 11) is 1.39. The van der Waals surface area contributed by atoms with Gasteiger partial charge in [0.1, 0.15) is 18.0 Å². The van der Waals surface area contributed by atoms with Gasteiger partial charge in [0.15, 0.2) is 0 Å². The lowest BCUT2D eigenvalue weighted by Crippen LogP contribution is -2.49. The first-order valence-electron chi connectivity index (χ1n) is 8.57. The predicted molar refractivity (Wildman–Crippen MR) is 98.2 cm³/mol. The Hall–Kier alpha value is -3.29. The molecule has 1 saturated heterocycles. The van der Waals surface area contributed by atoms with Gasteiger partial charge >= 0.3 is 12.1 Å². The first-order chi connectivity index (χ1) is 13.1. The molecule has 0 bridgehead atoms. The number of hydrogen-bond donors (Lipinski definition) is 1. The van der Waals surface area contributed by atoms with Crippen LogP contribution in [0.4, 0.5) is 10.6 Å². The molecule has 142 valence electrons. The zero-order valence-corrected chi connectivity index (χ0v) is 15.0. The number of piperazine rings is 1. The van der Waals surface area contributed by atoms with Crippen molar-refractivity contribution in [3.8, 4) is 5.88 Å². The summed E-state index contributed by atoms with van der Waals surface area (Å²) in [6.07, 6.45) is -0.342. The number of carbonyl (C=O) groups excluding carboxylic acids is 1. The number of carboxylic acids is 1. The van der Waals surface area contributed by atoms with E-state index in [0.29, 0.717) is 32.0 Å². The first-order valence-corrected chi connectivity index (χ1v) is 8.57. The summed E-state index contributed by atoms with van der Waals surface area (Å²) < 4.78 is 10.4. The molecule has 8 heteroatoms. The van der Waals surface area contributed by atoms with Crippen molar-refractivity contribution in [3.05, 3.63) is 53.6 Å². The quantitative estimate of drug-likeness (QED) is 0.862. The fourth-order valence-electron chi connectivity index (χ4n) is 2.85. The number of anilines is 1. The van der Waals surface area contributed by atoms with Crippen molar-refractivity contribution in [2.45, 2.75) is 6.61 Å². The SMILES string of the molecule is COc1nc(N2CCN(C(=O)OCc3ccccc3)CC2)ccc1C(=O)O. The molecule has 27 heavy (non-hydrogen) atoms. The average molecular weight is 371 g/mol. The highest BCUT2D eigenvalue weighted by atomic mass is 16.6. The maximum Gasteiger partial charge on any atom is 0.410 e. The number of carbonyl (C=O) groups is 2. The highest BCUT2D eigenvalue weighted by molar-refractivity contribution is 5.90. The van der Waals surface area contributed by atoms with Crippen LogP contribution in [0.1, 0.15) is 15.9 Å². The van der Waals surface area contributed by atoms with Gasteiger partial charge in [-0.25, -0.2) is 9.59 Å². The number of aromatic nitrogens is 1. The number of carboxylic acid groups (broad SMARTS) is 1. The summed E-state index contributed by atoms with van der Waals surface area (Å²) in [5.74, 6) is -0.393. The Morgan fingerprint density at radius 3 is 2.41 bits per heavy atom. The molecule has 1 fully saturated rings. The van der Waals surface area contributed by atoms with Crippen molar-refractivity contribution in [2.75, 3.05) is 38.2 Å². The first kappa shape index (κ1) is 18.5. The van der Waals surface area contributed by atoms with Crippen molar-refractivity contribution in [3.63, 3.8) is 0 Å². The summed E-state index contributed by atoms with van der Waals surface area (Å²) in [5, 5.41) is 9.13. The number of aromatic carboxylic acids is 1. The highest BCUT2D eigenvalue weighted by Gasteiger charge is 2.24. The van der Waals surface area contributed by atoms with Crippen LogP contribution in [-0.4, -0.2) is 60.3 Å². The van der Waals surface area contributed by atoms with E-state index >= 15 is 0 Å². The van der Waals surface area contributed by atoms with Crippen LogP contribution in [0.2, 0.25) is 0 Å². The second kappa shape index (κ2) is 8.39. The van der Waals surface area contributed by atoms with Gasteiger partial charge in [-0.15, -0.1) is 0 Å². The van der Waals surface area contributed by atoms with E-state index < -0.39 is 5.97 Å². The number of amides is 1. The summed E-state index contributed by atoms with van der Waals surface area (Å²) >= 11 is 0. The Bertz CT molecular complexity index is 804. The summed E-state index contributed by atoms with van der Waals surface area (Å²) in [4.78, 5) is 31.3. The lowest BCUT2D eigenvalue weighted by atomic mass is 10.2. The Labute approximate surface area is 156 Å². The molecule has 1 amide bonds. The average Bonchev–Trinajstić information content (AvgIpc) is 2.72. The molecule has 2 heterocycles. The van der Waals surface area contributed by atoms with Crippen LogP contribution in [0.15, 0.2) is 42.5 Å². The molecule has 0 unspecified atom stereocenters. The Morgan fingerprint density at radius 2 is 1.78 bits per heavy atom. The Morgan fingerprint density at radius 1 is 1.07 bits per heavy atom. The highest BCUT2D eigenvalue weighted by Crippen LogP contribution is 2.22.